The van der Waals surface area contributed by atoms with Crippen LogP contribution in [0.15, 0.2) is 0 Å². The molecule has 2 saturated carbocycles. The number of hydrogen-bond acceptors (Lipinski definition) is 2. The van der Waals surface area contributed by atoms with Crippen LogP contribution in [-0.4, -0.2) is 11.9 Å². The Morgan fingerprint density at radius 1 is 1.18 bits per heavy atom. The first-order valence-electron chi connectivity index (χ1n) is 6.92. The molecule has 2 rings (SSSR count). The second-order valence-corrected chi connectivity index (χ2v) is 5.64. The topological polar surface area (TPSA) is 52.9 Å². The zero-order valence-corrected chi connectivity index (χ0v) is 10.6. The highest BCUT2D eigenvalue weighted by atomic mass is 16.1. The van der Waals surface area contributed by atoms with E-state index in [1.165, 1.54) is 32.1 Å². The molecule has 0 spiro atoms. The lowest BCUT2D eigenvalue weighted by molar-refractivity contribution is -0.125. The normalized spacial score (nSPS) is 24.7. The number of carbonyl (C=O) groups excluding carboxylic acids is 1. The summed E-state index contributed by atoms with van der Waals surface area (Å²) in [7, 11) is 0. The molecule has 0 bridgehead atoms. The molecule has 0 aromatic rings. The van der Waals surface area contributed by atoms with Crippen molar-refractivity contribution in [2.75, 3.05) is 0 Å². The van der Waals surface area contributed by atoms with E-state index in [2.05, 4.69) is 11.4 Å². The van der Waals surface area contributed by atoms with E-state index in [0.717, 1.165) is 12.8 Å². The van der Waals surface area contributed by atoms with Crippen molar-refractivity contribution >= 4 is 5.91 Å². The van der Waals surface area contributed by atoms with E-state index < -0.39 is 0 Å². The fourth-order valence-electron chi connectivity index (χ4n) is 2.82. The Labute approximate surface area is 104 Å². The molecule has 2 aliphatic rings. The van der Waals surface area contributed by atoms with Crippen molar-refractivity contribution in [3.63, 3.8) is 0 Å². The molecule has 0 saturated heterocycles. The average Bonchev–Trinajstić information content (AvgIpc) is 3.20. The van der Waals surface area contributed by atoms with Crippen LogP contribution < -0.4 is 5.32 Å². The summed E-state index contributed by atoms with van der Waals surface area (Å²) < 4.78 is 0. The van der Waals surface area contributed by atoms with Gasteiger partial charge in [-0.15, -0.1) is 0 Å². The Hall–Kier alpha value is -1.04. The second-order valence-electron chi connectivity index (χ2n) is 5.64. The van der Waals surface area contributed by atoms with E-state index in [9.17, 15) is 10.1 Å². The van der Waals surface area contributed by atoms with Crippen LogP contribution in [0.4, 0.5) is 0 Å². The molecule has 17 heavy (non-hydrogen) atoms. The molecule has 3 nitrogen and oxygen atoms in total. The Balaban J connectivity index is 1.85. The Morgan fingerprint density at radius 2 is 1.82 bits per heavy atom. The number of rotatable bonds is 4. The minimum atomic E-state index is -0.260. The maximum Gasteiger partial charge on any atom is 0.224 e. The highest BCUT2D eigenvalue weighted by Crippen LogP contribution is 2.36. The molecule has 0 radical (unpaired) electrons. The molecule has 3 heteroatoms. The molecule has 2 atom stereocenters. The van der Waals surface area contributed by atoms with Gasteiger partial charge in [0.05, 0.1) is 6.07 Å². The number of nitrogens with zero attached hydrogens (tertiary/aromatic N) is 1. The van der Waals surface area contributed by atoms with Gasteiger partial charge < -0.3 is 5.32 Å². The van der Waals surface area contributed by atoms with Gasteiger partial charge in [-0.3, -0.25) is 4.79 Å². The van der Waals surface area contributed by atoms with Gasteiger partial charge in [0, 0.05) is 5.92 Å². The highest BCUT2D eigenvalue weighted by Gasteiger charge is 2.34. The van der Waals surface area contributed by atoms with Gasteiger partial charge in [0.1, 0.15) is 6.04 Å². The maximum absolute atomic E-state index is 12.0. The highest BCUT2D eigenvalue weighted by molar-refractivity contribution is 5.79. The number of nitrogens with one attached hydrogen (secondary N) is 1. The third-order valence-corrected chi connectivity index (χ3v) is 4.30. The molecule has 2 unspecified atom stereocenters. The van der Waals surface area contributed by atoms with Crippen molar-refractivity contribution in [1.82, 2.24) is 5.32 Å². The molecule has 0 aromatic carbocycles. The number of hydrogen-bond donors (Lipinski definition) is 1. The fraction of sp³-hybridized carbons (Fsp3) is 0.857. The van der Waals surface area contributed by atoms with Crippen molar-refractivity contribution in [2.45, 2.75) is 57.9 Å². The van der Waals surface area contributed by atoms with Crippen LogP contribution in [0.1, 0.15) is 51.9 Å². The first kappa shape index (κ1) is 12.4. The minimum absolute atomic E-state index is 0.0876. The minimum Gasteiger partial charge on any atom is -0.340 e. The lowest BCUT2D eigenvalue weighted by atomic mass is 9.84. The van der Waals surface area contributed by atoms with Gasteiger partial charge in [-0.25, -0.2) is 0 Å². The van der Waals surface area contributed by atoms with Crippen LogP contribution in [-0.2, 0) is 4.79 Å². The van der Waals surface area contributed by atoms with Crippen molar-refractivity contribution in [3.05, 3.63) is 0 Å². The first-order chi connectivity index (χ1) is 8.22. The van der Waals surface area contributed by atoms with Gasteiger partial charge in [-0.05, 0) is 37.5 Å². The summed E-state index contributed by atoms with van der Waals surface area (Å²) in [5.41, 5.74) is 0. The van der Waals surface area contributed by atoms with E-state index >= 15 is 0 Å². The van der Waals surface area contributed by atoms with Crippen LogP contribution in [0.5, 0.6) is 0 Å². The van der Waals surface area contributed by atoms with Crippen molar-refractivity contribution in [1.29, 1.82) is 5.26 Å². The van der Waals surface area contributed by atoms with Crippen molar-refractivity contribution < 1.29 is 4.79 Å². The van der Waals surface area contributed by atoms with Gasteiger partial charge in [0.15, 0.2) is 0 Å². The number of carbonyl (C=O) groups is 1. The summed E-state index contributed by atoms with van der Waals surface area (Å²) in [6, 6.07) is 2.02. The van der Waals surface area contributed by atoms with E-state index in [0.29, 0.717) is 11.8 Å². The molecular formula is C14H22N2O. The number of amides is 1. The largest absolute Gasteiger partial charge is 0.340 e. The maximum atomic E-state index is 12.0. The van der Waals surface area contributed by atoms with E-state index in [4.69, 9.17) is 0 Å². The van der Waals surface area contributed by atoms with Crippen LogP contribution >= 0.6 is 0 Å². The predicted octanol–water partition coefficient (Wildman–Crippen LogP) is 2.62. The lowest BCUT2D eigenvalue weighted by Crippen LogP contribution is -2.42. The van der Waals surface area contributed by atoms with Crippen LogP contribution in [0.2, 0.25) is 0 Å². The molecule has 0 aromatic heterocycles. The standard InChI is InChI=1S/C14H22N2O/c1-10(11-7-8-11)14(17)16-13(9-15)12-5-3-2-4-6-12/h10-13H,2-8H2,1H3,(H,16,17). The molecule has 0 aliphatic heterocycles. The summed E-state index contributed by atoms with van der Waals surface area (Å²) in [6.07, 6.45) is 8.23. The quantitative estimate of drug-likeness (QED) is 0.813. The van der Waals surface area contributed by atoms with Crippen molar-refractivity contribution in [3.8, 4) is 6.07 Å². The zero-order chi connectivity index (χ0) is 12.3. The predicted molar refractivity (Wildman–Crippen MR) is 66.0 cm³/mol. The van der Waals surface area contributed by atoms with E-state index in [-0.39, 0.29) is 17.9 Å². The molecule has 0 heterocycles. The van der Waals surface area contributed by atoms with Crippen LogP contribution in [0.3, 0.4) is 0 Å². The van der Waals surface area contributed by atoms with Gasteiger partial charge in [0.25, 0.3) is 0 Å². The summed E-state index contributed by atoms with van der Waals surface area (Å²) in [4.78, 5) is 12.0. The van der Waals surface area contributed by atoms with Gasteiger partial charge >= 0.3 is 0 Å². The molecule has 1 N–H and O–H groups in total. The third-order valence-electron chi connectivity index (χ3n) is 4.30. The molecule has 2 fully saturated rings. The Bertz CT molecular complexity index is 311. The van der Waals surface area contributed by atoms with Crippen LogP contribution in [0, 0.1) is 29.1 Å². The number of nitriles is 1. The fourth-order valence-corrected chi connectivity index (χ4v) is 2.82. The SMILES string of the molecule is CC(C(=O)NC(C#N)C1CCCCC1)C1CC1. The molecule has 2 aliphatic carbocycles. The Kier molecular flexibility index (Phi) is 4.04. The average molecular weight is 234 g/mol. The second kappa shape index (κ2) is 5.53. The molecular weight excluding hydrogens is 212 g/mol. The van der Waals surface area contributed by atoms with E-state index in [1.807, 2.05) is 6.92 Å². The van der Waals surface area contributed by atoms with Gasteiger partial charge in [-0.2, -0.15) is 5.26 Å². The summed E-state index contributed by atoms with van der Waals surface area (Å²) >= 11 is 0. The van der Waals surface area contributed by atoms with E-state index in [1.54, 1.807) is 0 Å². The zero-order valence-electron chi connectivity index (χ0n) is 10.6. The first-order valence-corrected chi connectivity index (χ1v) is 6.92. The molecule has 1 amide bonds. The van der Waals surface area contributed by atoms with Crippen LogP contribution in [0.25, 0.3) is 0 Å². The van der Waals surface area contributed by atoms with Crippen molar-refractivity contribution in [2.24, 2.45) is 17.8 Å². The summed E-state index contributed by atoms with van der Waals surface area (Å²) in [5.74, 6) is 1.13. The monoisotopic (exact) mass is 234 g/mol. The lowest BCUT2D eigenvalue weighted by Gasteiger charge is -2.27. The Morgan fingerprint density at radius 3 is 2.35 bits per heavy atom. The molecule has 94 valence electrons. The third kappa shape index (κ3) is 3.21. The van der Waals surface area contributed by atoms with Gasteiger partial charge in [0.2, 0.25) is 5.91 Å². The summed E-state index contributed by atoms with van der Waals surface area (Å²) in [5, 5.41) is 12.2. The smallest absolute Gasteiger partial charge is 0.224 e. The van der Waals surface area contributed by atoms with Gasteiger partial charge in [-0.1, -0.05) is 26.2 Å². The summed E-state index contributed by atoms with van der Waals surface area (Å²) in [6.45, 7) is 1.99.